The predicted octanol–water partition coefficient (Wildman–Crippen LogP) is 4.90. The van der Waals surface area contributed by atoms with Crippen LogP contribution in [0.2, 0.25) is 0 Å². The first-order valence-electron chi connectivity index (χ1n) is 14.3. The molecule has 2 aliphatic carbocycles. The molecule has 198 valence electrons. The predicted molar refractivity (Wildman–Crippen MR) is 145 cm³/mol. The second-order valence-electron chi connectivity index (χ2n) is 12.5. The maximum atomic E-state index is 11.3. The topological polar surface area (TPSA) is 88.4 Å². The van der Waals surface area contributed by atoms with E-state index in [9.17, 15) is 14.4 Å². The molecule has 3 heterocycles. The van der Waals surface area contributed by atoms with E-state index in [1.165, 1.54) is 69.9 Å². The number of fused-ring (bicyclic) bond motifs is 5. The standard InChI is InChI=1S/C28H43N4O3P/c1-19-11-20-13-21(12-19)15-25(14-20)32-22-5-4-6-23(32)17-24(16-22)31-18-28(29-9-10-36(33,34)35)30-26-7-2-3-8-27(26)31/h2-3,7-8,19-25H,4-6,9-18H2,1H3,(H,29,30)(H2,33,34,35)/t19-,20-,21+,22-,23+,24+,25+. The van der Waals surface area contributed by atoms with Crippen molar-refractivity contribution < 1.29 is 14.4 Å². The van der Waals surface area contributed by atoms with Gasteiger partial charge < -0.3 is 20.0 Å². The molecule has 36 heavy (non-hydrogen) atoms. The van der Waals surface area contributed by atoms with Crippen molar-refractivity contribution in [3.8, 4) is 0 Å². The van der Waals surface area contributed by atoms with E-state index in [4.69, 9.17) is 4.99 Å². The second kappa shape index (κ2) is 10.1. The summed E-state index contributed by atoms with van der Waals surface area (Å²) in [4.78, 5) is 28.9. The Morgan fingerprint density at radius 3 is 2.33 bits per heavy atom. The highest BCUT2D eigenvalue weighted by Crippen LogP contribution is 2.48. The van der Waals surface area contributed by atoms with Gasteiger partial charge in [0.05, 0.1) is 24.1 Å². The molecule has 6 rings (SSSR count). The molecule has 0 amide bonds. The van der Waals surface area contributed by atoms with Gasteiger partial charge in [-0.05, 0) is 87.7 Å². The summed E-state index contributed by atoms with van der Waals surface area (Å²) in [6.07, 6.45) is 13.5. The Labute approximate surface area is 215 Å². The Balaban J connectivity index is 1.18. The van der Waals surface area contributed by atoms with Crippen LogP contribution < -0.4 is 10.2 Å². The molecule has 1 aromatic rings. The van der Waals surface area contributed by atoms with Crippen LogP contribution in [0.1, 0.15) is 71.1 Å². The maximum absolute atomic E-state index is 11.3. The molecule has 0 unspecified atom stereocenters. The van der Waals surface area contributed by atoms with Crippen molar-refractivity contribution in [3.05, 3.63) is 24.3 Å². The van der Waals surface area contributed by atoms with Gasteiger partial charge in [-0.1, -0.05) is 25.5 Å². The zero-order valence-corrected chi connectivity index (χ0v) is 22.5. The summed E-state index contributed by atoms with van der Waals surface area (Å²) < 4.78 is 11.3. The third-order valence-electron chi connectivity index (χ3n) is 9.72. The number of aliphatic imine (C=N–C) groups is 1. The minimum Gasteiger partial charge on any atom is -0.371 e. The van der Waals surface area contributed by atoms with Gasteiger partial charge in [0.2, 0.25) is 0 Å². The second-order valence-corrected chi connectivity index (χ2v) is 14.2. The number of para-hydroxylation sites is 2. The average molecular weight is 515 g/mol. The normalized spacial score (nSPS) is 36.7. The summed E-state index contributed by atoms with van der Waals surface area (Å²) in [5.41, 5.74) is 2.17. The van der Waals surface area contributed by atoms with Crippen LogP contribution in [0.25, 0.3) is 0 Å². The van der Waals surface area contributed by atoms with Gasteiger partial charge in [-0.2, -0.15) is 0 Å². The molecule has 0 aromatic heterocycles. The van der Waals surface area contributed by atoms with Crippen molar-refractivity contribution in [3.63, 3.8) is 0 Å². The molecular formula is C28H43N4O3P. The van der Waals surface area contributed by atoms with Gasteiger partial charge in [0.25, 0.3) is 0 Å². The molecule has 0 spiro atoms. The number of piperidine rings is 2. The van der Waals surface area contributed by atoms with Gasteiger partial charge in [-0.15, -0.1) is 0 Å². The fourth-order valence-electron chi connectivity index (χ4n) is 8.63. The number of amidine groups is 1. The largest absolute Gasteiger partial charge is 0.371 e. The van der Waals surface area contributed by atoms with Gasteiger partial charge >= 0.3 is 7.60 Å². The third kappa shape index (κ3) is 5.27. The van der Waals surface area contributed by atoms with Gasteiger partial charge in [-0.25, -0.2) is 4.99 Å². The van der Waals surface area contributed by atoms with E-state index in [-0.39, 0.29) is 12.7 Å². The van der Waals surface area contributed by atoms with Crippen molar-refractivity contribution in [1.82, 2.24) is 10.2 Å². The van der Waals surface area contributed by atoms with Crippen LogP contribution in [0.15, 0.2) is 29.3 Å². The summed E-state index contributed by atoms with van der Waals surface area (Å²) in [5.74, 6) is 3.64. The first kappa shape index (κ1) is 24.9. The quantitative estimate of drug-likeness (QED) is 0.484. The third-order valence-corrected chi connectivity index (χ3v) is 10.5. The first-order valence-corrected chi connectivity index (χ1v) is 16.1. The maximum Gasteiger partial charge on any atom is 0.327 e. The molecule has 4 bridgehead atoms. The van der Waals surface area contributed by atoms with Crippen LogP contribution in [-0.2, 0) is 4.57 Å². The molecule has 3 aliphatic heterocycles. The van der Waals surface area contributed by atoms with E-state index in [2.05, 4.69) is 40.2 Å². The Hall–Kier alpha value is -1.40. The van der Waals surface area contributed by atoms with Gasteiger partial charge in [0.1, 0.15) is 5.84 Å². The van der Waals surface area contributed by atoms with Crippen LogP contribution in [-0.4, -0.2) is 63.9 Å². The number of hydrogen-bond donors (Lipinski definition) is 3. The number of anilines is 1. The summed E-state index contributed by atoms with van der Waals surface area (Å²) in [5, 5.41) is 3.23. The summed E-state index contributed by atoms with van der Waals surface area (Å²) in [7, 11) is -4.02. The number of nitrogens with zero attached hydrogens (tertiary/aromatic N) is 3. The lowest BCUT2D eigenvalue weighted by molar-refractivity contribution is -0.0451. The molecule has 7 atom stereocenters. The van der Waals surface area contributed by atoms with Crippen LogP contribution in [0.5, 0.6) is 0 Å². The van der Waals surface area contributed by atoms with E-state index in [1.54, 1.807) is 0 Å². The lowest BCUT2D eigenvalue weighted by atomic mass is 9.65. The molecule has 1 aromatic carbocycles. The van der Waals surface area contributed by atoms with Gasteiger partial charge in [-0.3, -0.25) is 9.46 Å². The highest BCUT2D eigenvalue weighted by Gasteiger charge is 2.46. The SMILES string of the molecule is C[C@@H]1C[C@@H]2C[C@H](C1)C[C@@H](N1[C@@H]3CCC[C@H]1C[C@@H](N1CC(NCCP(=O)(O)O)=Nc4ccccc41)C3)C2. The summed E-state index contributed by atoms with van der Waals surface area (Å²) >= 11 is 0. The fourth-order valence-corrected chi connectivity index (χ4v) is 9.03. The molecule has 3 N–H and O–H groups in total. The Morgan fingerprint density at radius 2 is 1.64 bits per heavy atom. The van der Waals surface area contributed by atoms with Gasteiger partial charge in [0.15, 0.2) is 0 Å². The molecule has 0 radical (unpaired) electrons. The summed E-state index contributed by atoms with van der Waals surface area (Å²) in [6.45, 7) is 3.40. The van der Waals surface area contributed by atoms with E-state index >= 15 is 0 Å². The van der Waals surface area contributed by atoms with Crippen LogP contribution in [0.4, 0.5) is 11.4 Å². The van der Waals surface area contributed by atoms with E-state index in [1.807, 2.05) is 6.07 Å². The monoisotopic (exact) mass is 514 g/mol. The lowest BCUT2D eigenvalue weighted by Gasteiger charge is -2.57. The zero-order valence-electron chi connectivity index (χ0n) is 21.6. The molecule has 2 saturated carbocycles. The van der Waals surface area contributed by atoms with E-state index in [0.29, 0.717) is 24.7 Å². The van der Waals surface area contributed by atoms with Gasteiger partial charge in [0, 0.05) is 30.7 Å². The molecule has 2 saturated heterocycles. The van der Waals surface area contributed by atoms with Crippen molar-refractivity contribution in [1.29, 1.82) is 0 Å². The van der Waals surface area contributed by atoms with Crippen molar-refractivity contribution in [2.75, 3.05) is 24.2 Å². The van der Waals surface area contributed by atoms with Crippen molar-refractivity contribution in [2.24, 2.45) is 22.7 Å². The van der Waals surface area contributed by atoms with Crippen LogP contribution in [0, 0.1) is 17.8 Å². The smallest absolute Gasteiger partial charge is 0.327 e. The molecule has 8 heteroatoms. The number of rotatable bonds is 5. The van der Waals surface area contributed by atoms with E-state index in [0.717, 1.165) is 35.3 Å². The first-order chi connectivity index (χ1) is 17.3. The number of hydrogen-bond acceptors (Lipinski definition) is 5. The Kier molecular flexibility index (Phi) is 6.96. The number of benzene rings is 1. The minimum atomic E-state index is -4.02. The highest BCUT2D eigenvalue weighted by atomic mass is 31.2. The highest BCUT2D eigenvalue weighted by molar-refractivity contribution is 7.51. The molecular weight excluding hydrogens is 471 g/mol. The van der Waals surface area contributed by atoms with Crippen molar-refractivity contribution in [2.45, 2.75) is 95.3 Å². The average Bonchev–Trinajstić information content (AvgIpc) is 2.81. The molecule has 4 fully saturated rings. The van der Waals surface area contributed by atoms with Crippen molar-refractivity contribution >= 4 is 24.8 Å². The van der Waals surface area contributed by atoms with Crippen LogP contribution >= 0.6 is 7.60 Å². The summed E-state index contributed by atoms with van der Waals surface area (Å²) in [6, 6.07) is 11.0. The Bertz CT molecular complexity index is 996. The molecule has 5 aliphatic rings. The van der Waals surface area contributed by atoms with E-state index < -0.39 is 7.60 Å². The lowest BCUT2D eigenvalue weighted by Crippen LogP contribution is -2.62. The number of nitrogens with one attached hydrogen (secondary N) is 1. The molecule has 7 nitrogen and oxygen atoms in total. The van der Waals surface area contributed by atoms with Crippen LogP contribution in [0.3, 0.4) is 0 Å². The fraction of sp³-hybridized carbons (Fsp3) is 0.750. The minimum absolute atomic E-state index is 0.168. The zero-order chi connectivity index (χ0) is 24.9. The Morgan fingerprint density at radius 1 is 0.944 bits per heavy atom.